The number of nitrogens with one attached hydrogen (secondary N) is 1. The zero-order valence-corrected chi connectivity index (χ0v) is 18.2. The first kappa shape index (κ1) is 22.7. The Balaban J connectivity index is 1.70. The van der Waals surface area contributed by atoms with Gasteiger partial charge >= 0.3 is 0 Å². The molecule has 9 nitrogen and oxygen atoms in total. The first-order valence-electron chi connectivity index (χ1n) is 10.2. The quantitative estimate of drug-likeness (QED) is 0.331. The van der Waals surface area contributed by atoms with Crippen LogP contribution < -0.4 is 15.6 Å². The first-order valence-corrected chi connectivity index (χ1v) is 10.2. The molecule has 3 aromatic rings. The van der Waals surface area contributed by atoms with Gasteiger partial charge in [-0.3, -0.25) is 19.7 Å². The molecular formula is C23H25N5O4. The van der Waals surface area contributed by atoms with Gasteiger partial charge < -0.3 is 10.2 Å². The normalized spacial score (nSPS) is 10.6. The highest BCUT2D eigenvalue weighted by Gasteiger charge is 2.19. The predicted octanol–water partition coefficient (Wildman–Crippen LogP) is 2.88. The summed E-state index contributed by atoms with van der Waals surface area (Å²) in [6.07, 6.45) is 1.47. The molecule has 0 aliphatic heterocycles. The minimum absolute atomic E-state index is 0.168. The lowest BCUT2D eigenvalue weighted by molar-refractivity contribution is -0.384. The van der Waals surface area contributed by atoms with Crippen molar-refractivity contribution in [3.63, 3.8) is 0 Å². The van der Waals surface area contributed by atoms with Crippen molar-refractivity contribution in [3.05, 3.63) is 91.9 Å². The van der Waals surface area contributed by atoms with Crippen molar-refractivity contribution in [2.45, 2.75) is 19.8 Å². The molecule has 0 unspecified atom stereocenters. The summed E-state index contributed by atoms with van der Waals surface area (Å²) >= 11 is 0. The summed E-state index contributed by atoms with van der Waals surface area (Å²) < 4.78 is 1.25. The third-order valence-electron chi connectivity index (χ3n) is 5.01. The van der Waals surface area contributed by atoms with E-state index < -0.39 is 16.3 Å². The van der Waals surface area contributed by atoms with Gasteiger partial charge in [0, 0.05) is 44.2 Å². The highest BCUT2D eigenvalue weighted by Crippen LogP contribution is 2.22. The van der Waals surface area contributed by atoms with E-state index in [0.29, 0.717) is 18.7 Å². The van der Waals surface area contributed by atoms with Gasteiger partial charge in [-0.25, -0.2) is 4.68 Å². The average Bonchev–Trinajstić information content (AvgIpc) is 2.77. The Bertz CT molecular complexity index is 1190. The van der Waals surface area contributed by atoms with E-state index >= 15 is 0 Å². The van der Waals surface area contributed by atoms with Crippen molar-refractivity contribution in [3.8, 4) is 5.69 Å². The van der Waals surface area contributed by atoms with Gasteiger partial charge in [-0.2, -0.15) is 5.10 Å². The van der Waals surface area contributed by atoms with E-state index in [0.717, 1.165) is 17.7 Å². The van der Waals surface area contributed by atoms with Crippen LogP contribution in [-0.4, -0.2) is 41.3 Å². The maximum absolute atomic E-state index is 12.6. The Morgan fingerprint density at radius 2 is 1.84 bits per heavy atom. The zero-order valence-electron chi connectivity index (χ0n) is 18.2. The van der Waals surface area contributed by atoms with Gasteiger partial charge in [-0.15, -0.1) is 0 Å². The summed E-state index contributed by atoms with van der Waals surface area (Å²) in [4.78, 5) is 37.8. The minimum atomic E-state index is -0.606. The van der Waals surface area contributed by atoms with Gasteiger partial charge in [0.1, 0.15) is 5.69 Å². The number of benzene rings is 2. The molecule has 2 aromatic carbocycles. The summed E-state index contributed by atoms with van der Waals surface area (Å²) in [7, 11) is 3.96. The van der Waals surface area contributed by atoms with Crippen molar-refractivity contribution in [1.29, 1.82) is 0 Å². The maximum atomic E-state index is 12.6. The van der Waals surface area contributed by atoms with Crippen LogP contribution in [0.2, 0.25) is 0 Å². The SMILES string of the molecule is Cc1cc(=O)c(C(=O)NCCCc2ccc(N(C)C)cc2)nn1-c1ccccc1[N+](=O)[O-]. The lowest BCUT2D eigenvalue weighted by Crippen LogP contribution is -2.32. The monoisotopic (exact) mass is 435 g/mol. The van der Waals surface area contributed by atoms with Crippen LogP contribution in [0.1, 0.15) is 28.2 Å². The predicted molar refractivity (Wildman–Crippen MR) is 123 cm³/mol. The van der Waals surface area contributed by atoms with Crippen LogP contribution in [0.25, 0.3) is 5.69 Å². The summed E-state index contributed by atoms with van der Waals surface area (Å²) in [5.74, 6) is -0.606. The number of nitrogens with zero attached hydrogens (tertiary/aromatic N) is 4. The minimum Gasteiger partial charge on any atom is -0.378 e. The van der Waals surface area contributed by atoms with E-state index in [1.807, 2.05) is 43.3 Å². The number of anilines is 1. The Hall–Kier alpha value is -4.01. The van der Waals surface area contributed by atoms with E-state index in [9.17, 15) is 19.7 Å². The second-order valence-electron chi connectivity index (χ2n) is 7.58. The van der Waals surface area contributed by atoms with Gasteiger partial charge in [0.2, 0.25) is 5.43 Å². The Labute approximate surface area is 185 Å². The molecule has 0 saturated carbocycles. The molecule has 1 N–H and O–H groups in total. The second-order valence-corrected chi connectivity index (χ2v) is 7.58. The fourth-order valence-electron chi connectivity index (χ4n) is 3.29. The summed E-state index contributed by atoms with van der Waals surface area (Å²) in [6, 6.07) is 15.5. The van der Waals surface area contributed by atoms with Crippen molar-refractivity contribution in [2.75, 3.05) is 25.5 Å². The third-order valence-corrected chi connectivity index (χ3v) is 5.01. The van der Waals surface area contributed by atoms with Crippen LogP contribution in [0.4, 0.5) is 11.4 Å². The summed E-state index contributed by atoms with van der Waals surface area (Å²) in [5, 5.41) is 18.2. The van der Waals surface area contributed by atoms with E-state index in [-0.39, 0.29) is 17.1 Å². The number of para-hydroxylation sites is 2. The van der Waals surface area contributed by atoms with Crippen LogP contribution in [0, 0.1) is 17.0 Å². The molecule has 0 aliphatic rings. The lowest BCUT2D eigenvalue weighted by atomic mass is 10.1. The number of aryl methyl sites for hydroxylation is 2. The first-order chi connectivity index (χ1) is 15.3. The topological polar surface area (TPSA) is 110 Å². The molecule has 166 valence electrons. The lowest BCUT2D eigenvalue weighted by Gasteiger charge is -2.13. The molecule has 9 heteroatoms. The number of hydrogen-bond donors (Lipinski definition) is 1. The Kier molecular flexibility index (Phi) is 6.99. The van der Waals surface area contributed by atoms with Crippen molar-refractivity contribution in [1.82, 2.24) is 15.1 Å². The van der Waals surface area contributed by atoms with Gasteiger partial charge in [-0.1, -0.05) is 24.3 Å². The smallest absolute Gasteiger partial charge is 0.294 e. The fourth-order valence-corrected chi connectivity index (χ4v) is 3.29. The van der Waals surface area contributed by atoms with Gasteiger partial charge in [0.05, 0.1) is 4.92 Å². The average molecular weight is 435 g/mol. The number of nitro groups is 1. The van der Waals surface area contributed by atoms with E-state index in [2.05, 4.69) is 10.4 Å². The standard InChI is InChI=1S/C23H25N5O4/c1-16-15-21(29)22(25-27(16)19-8-4-5-9-20(19)28(31)32)23(30)24-14-6-7-17-10-12-18(13-11-17)26(2)3/h4-5,8-13,15H,6-7,14H2,1-3H3,(H,24,30). The maximum Gasteiger partial charge on any atom is 0.294 e. The summed E-state index contributed by atoms with van der Waals surface area (Å²) in [6.45, 7) is 1.98. The highest BCUT2D eigenvalue weighted by atomic mass is 16.6. The van der Waals surface area contributed by atoms with Crippen molar-refractivity contribution < 1.29 is 9.72 Å². The Morgan fingerprint density at radius 1 is 1.16 bits per heavy atom. The highest BCUT2D eigenvalue weighted by molar-refractivity contribution is 5.92. The molecule has 0 aliphatic carbocycles. The van der Waals surface area contributed by atoms with Crippen molar-refractivity contribution >= 4 is 17.3 Å². The molecule has 1 amide bonds. The molecular weight excluding hydrogens is 410 g/mol. The molecule has 0 saturated heterocycles. The largest absolute Gasteiger partial charge is 0.378 e. The fraction of sp³-hybridized carbons (Fsp3) is 0.261. The van der Waals surface area contributed by atoms with Gasteiger partial charge in [-0.05, 0) is 43.5 Å². The molecule has 0 bridgehead atoms. The molecule has 1 aromatic heterocycles. The zero-order chi connectivity index (χ0) is 23.3. The van der Waals surface area contributed by atoms with Crippen molar-refractivity contribution in [2.24, 2.45) is 0 Å². The van der Waals surface area contributed by atoms with E-state index in [4.69, 9.17) is 0 Å². The number of nitro benzene ring substituents is 1. The van der Waals surface area contributed by atoms with E-state index in [1.165, 1.54) is 22.9 Å². The molecule has 32 heavy (non-hydrogen) atoms. The molecule has 0 radical (unpaired) electrons. The van der Waals surface area contributed by atoms with Gasteiger partial charge in [0.15, 0.2) is 5.69 Å². The second kappa shape index (κ2) is 9.86. The van der Waals surface area contributed by atoms with E-state index in [1.54, 1.807) is 19.1 Å². The number of amides is 1. The number of hydrogen-bond acceptors (Lipinski definition) is 6. The number of carbonyl (C=O) groups excluding carboxylic acids is 1. The van der Waals surface area contributed by atoms with Crippen LogP contribution in [-0.2, 0) is 6.42 Å². The molecule has 0 atom stereocenters. The molecule has 0 spiro atoms. The van der Waals surface area contributed by atoms with Crippen LogP contribution in [0.5, 0.6) is 0 Å². The molecule has 1 heterocycles. The number of rotatable bonds is 8. The van der Waals surface area contributed by atoms with Crippen LogP contribution in [0.15, 0.2) is 59.4 Å². The van der Waals surface area contributed by atoms with Gasteiger partial charge in [0.25, 0.3) is 11.6 Å². The third kappa shape index (κ3) is 5.18. The Morgan fingerprint density at radius 3 is 2.50 bits per heavy atom. The number of aromatic nitrogens is 2. The van der Waals surface area contributed by atoms with Crippen LogP contribution in [0.3, 0.4) is 0 Å². The molecule has 3 rings (SSSR count). The number of carbonyl (C=O) groups is 1. The summed E-state index contributed by atoms with van der Waals surface area (Å²) in [5.41, 5.74) is 1.84. The van der Waals surface area contributed by atoms with Crippen LogP contribution >= 0.6 is 0 Å². The molecule has 0 fully saturated rings.